The van der Waals surface area contributed by atoms with E-state index in [4.69, 9.17) is 27.6 Å². The Morgan fingerprint density at radius 1 is 0.812 bits per heavy atom. The molecule has 0 unspecified atom stereocenters. The van der Waals surface area contributed by atoms with Gasteiger partial charge in [0.15, 0.2) is 5.78 Å². The molecule has 0 bridgehead atoms. The van der Waals surface area contributed by atoms with Gasteiger partial charge in [0.1, 0.15) is 11.5 Å². The predicted molar refractivity (Wildman–Crippen MR) is 128 cm³/mol. The fourth-order valence-electron chi connectivity index (χ4n) is 3.10. The zero-order valence-electron chi connectivity index (χ0n) is 16.7. The van der Waals surface area contributed by atoms with Crippen molar-refractivity contribution in [3.63, 3.8) is 0 Å². The van der Waals surface area contributed by atoms with E-state index in [1.165, 1.54) is 6.08 Å². The van der Waals surface area contributed by atoms with E-state index in [0.717, 1.165) is 5.56 Å². The number of furan rings is 1. The lowest BCUT2D eigenvalue weighted by molar-refractivity contribution is -0.111. The lowest BCUT2D eigenvalue weighted by atomic mass is 10.0. The highest BCUT2D eigenvalue weighted by Gasteiger charge is 2.15. The number of rotatable bonds is 6. The molecule has 1 aromatic heterocycles. The molecule has 4 nitrogen and oxygen atoms in total. The van der Waals surface area contributed by atoms with E-state index in [1.54, 1.807) is 66.7 Å². The minimum atomic E-state index is -0.404. The van der Waals surface area contributed by atoms with E-state index in [-0.39, 0.29) is 5.78 Å². The van der Waals surface area contributed by atoms with E-state index < -0.39 is 5.91 Å². The van der Waals surface area contributed by atoms with Crippen LogP contribution in [0.1, 0.15) is 21.7 Å². The molecule has 158 valence electrons. The van der Waals surface area contributed by atoms with Gasteiger partial charge in [0, 0.05) is 32.8 Å². The molecule has 0 saturated carbocycles. The fourth-order valence-corrected chi connectivity index (χ4v) is 3.40. The Morgan fingerprint density at radius 3 is 2.28 bits per heavy atom. The Kier molecular flexibility index (Phi) is 6.55. The summed E-state index contributed by atoms with van der Waals surface area (Å²) >= 11 is 12.0. The van der Waals surface area contributed by atoms with Gasteiger partial charge < -0.3 is 9.73 Å². The number of nitrogens with one attached hydrogen (secondary N) is 1. The predicted octanol–water partition coefficient (Wildman–Crippen LogP) is 7.14. The van der Waals surface area contributed by atoms with Crippen LogP contribution in [0.2, 0.25) is 10.0 Å². The van der Waals surface area contributed by atoms with Gasteiger partial charge in [-0.1, -0.05) is 53.5 Å². The third-order valence-corrected chi connectivity index (χ3v) is 5.16. The summed E-state index contributed by atoms with van der Waals surface area (Å²) in [5, 5.41) is 3.79. The number of halogens is 2. The van der Waals surface area contributed by atoms with Gasteiger partial charge in [-0.2, -0.15) is 0 Å². The Balaban J connectivity index is 1.49. The minimum Gasteiger partial charge on any atom is -0.457 e. The summed E-state index contributed by atoms with van der Waals surface area (Å²) in [6.45, 7) is 0. The number of hydrogen-bond donors (Lipinski definition) is 1. The van der Waals surface area contributed by atoms with Crippen LogP contribution in [0.4, 0.5) is 5.69 Å². The lowest BCUT2D eigenvalue weighted by Crippen LogP contribution is -2.12. The van der Waals surface area contributed by atoms with Crippen molar-refractivity contribution >= 4 is 46.7 Å². The third kappa shape index (κ3) is 5.17. The maximum atomic E-state index is 12.9. The van der Waals surface area contributed by atoms with Crippen LogP contribution in [0.25, 0.3) is 17.4 Å². The van der Waals surface area contributed by atoms with Gasteiger partial charge in [0.25, 0.3) is 0 Å². The molecule has 0 aliphatic heterocycles. The fraction of sp³-hybridized carbons (Fsp3) is 0. The highest BCUT2D eigenvalue weighted by Crippen LogP contribution is 2.25. The number of carbonyl (C=O) groups excluding carboxylic acids is 2. The topological polar surface area (TPSA) is 59.3 Å². The Hall–Kier alpha value is -3.60. The molecule has 1 amide bonds. The van der Waals surface area contributed by atoms with Gasteiger partial charge in [-0.3, -0.25) is 9.59 Å². The van der Waals surface area contributed by atoms with Gasteiger partial charge in [-0.15, -0.1) is 0 Å². The quantitative estimate of drug-likeness (QED) is 0.245. The molecule has 1 heterocycles. The first kappa shape index (κ1) is 21.6. The molecule has 0 spiro atoms. The first-order chi connectivity index (χ1) is 15.5. The van der Waals surface area contributed by atoms with Crippen LogP contribution >= 0.6 is 23.2 Å². The summed E-state index contributed by atoms with van der Waals surface area (Å²) in [7, 11) is 0. The largest absolute Gasteiger partial charge is 0.457 e. The summed E-state index contributed by atoms with van der Waals surface area (Å²) in [5.74, 6) is 0.543. The van der Waals surface area contributed by atoms with Crippen molar-refractivity contribution in [2.45, 2.75) is 0 Å². The molecule has 0 saturated heterocycles. The highest BCUT2D eigenvalue weighted by atomic mass is 35.5. The average Bonchev–Trinajstić information content (AvgIpc) is 3.28. The van der Waals surface area contributed by atoms with Crippen LogP contribution in [0.15, 0.2) is 95.4 Å². The number of benzene rings is 3. The van der Waals surface area contributed by atoms with Crippen molar-refractivity contribution in [2.24, 2.45) is 0 Å². The van der Waals surface area contributed by atoms with Gasteiger partial charge >= 0.3 is 0 Å². The van der Waals surface area contributed by atoms with E-state index in [9.17, 15) is 9.59 Å². The van der Waals surface area contributed by atoms with Crippen LogP contribution < -0.4 is 5.32 Å². The second-order valence-corrected chi connectivity index (χ2v) is 7.79. The van der Waals surface area contributed by atoms with Crippen molar-refractivity contribution < 1.29 is 14.0 Å². The molecule has 3 aromatic carbocycles. The van der Waals surface area contributed by atoms with Crippen LogP contribution in [-0.2, 0) is 4.79 Å². The molecule has 0 radical (unpaired) electrons. The number of hydrogen-bond acceptors (Lipinski definition) is 3. The zero-order chi connectivity index (χ0) is 22.5. The van der Waals surface area contributed by atoms with E-state index in [2.05, 4.69) is 5.32 Å². The number of carbonyl (C=O) groups is 2. The Morgan fingerprint density at radius 2 is 1.53 bits per heavy atom. The molecule has 4 rings (SSSR count). The molecule has 0 aliphatic carbocycles. The monoisotopic (exact) mass is 461 g/mol. The molecular weight excluding hydrogens is 445 g/mol. The van der Waals surface area contributed by atoms with Gasteiger partial charge in [0.05, 0.1) is 5.69 Å². The molecule has 6 heteroatoms. The van der Waals surface area contributed by atoms with E-state index >= 15 is 0 Å². The van der Waals surface area contributed by atoms with Gasteiger partial charge in [-0.25, -0.2) is 0 Å². The van der Waals surface area contributed by atoms with Crippen LogP contribution in [0, 0.1) is 0 Å². The van der Waals surface area contributed by atoms with Crippen molar-refractivity contribution in [1.29, 1.82) is 0 Å². The van der Waals surface area contributed by atoms with Crippen LogP contribution in [0.3, 0.4) is 0 Å². The normalized spacial score (nSPS) is 10.9. The second-order valence-electron chi connectivity index (χ2n) is 6.92. The summed E-state index contributed by atoms with van der Waals surface area (Å²) in [6, 6.07) is 24.4. The summed E-state index contributed by atoms with van der Waals surface area (Å²) < 4.78 is 5.76. The van der Waals surface area contributed by atoms with Crippen molar-refractivity contribution in [2.75, 3.05) is 5.32 Å². The standard InChI is InChI=1S/C26H17Cl2NO3/c27-19-8-6-17(7-9-19)24-14-11-21(32-24)12-15-25(30)29-23-13-10-20(28)16-22(23)26(31)18-4-2-1-3-5-18/h1-16H,(H,29,30). The minimum absolute atomic E-state index is 0.231. The average molecular weight is 462 g/mol. The maximum Gasteiger partial charge on any atom is 0.248 e. The third-order valence-electron chi connectivity index (χ3n) is 4.67. The molecule has 1 N–H and O–H groups in total. The number of anilines is 1. The van der Waals surface area contributed by atoms with Crippen molar-refractivity contribution in [3.8, 4) is 11.3 Å². The molecule has 0 atom stereocenters. The smallest absolute Gasteiger partial charge is 0.248 e. The van der Waals surface area contributed by atoms with Gasteiger partial charge in [-0.05, 0) is 60.7 Å². The van der Waals surface area contributed by atoms with Crippen LogP contribution in [-0.4, -0.2) is 11.7 Å². The zero-order valence-corrected chi connectivity index (χ0v) is 18.2. The van der Waals surface area contributed by atoms with Gasteiger partial charge in [0.2, 0.25) is 5.91 Å². The highest BCUT2D eigenvalue weighted by molar-refractivity contribution is 6.31. The molecule has 0 fully saturated rings. The Bertz CT molecular complexity index is 1290. The molecule has 0 aliphatic rings. The lowest BCUT2D eigenvalue weighted by Gasteiger charge is -2.10. The molecule has 32 heavy (non-hydrogen) atoms. The number of ketones is 1. The SMILES string of the molecule is O=C(C=Cc1ccc(-c2ccc(Cl)cc2)o1)Nc1ccc(Cl)cc1C(=O)c1ccccc1. The molecule has 4 aromatic rings. The van der Waals surface area contributed by atoms with Crippen LogP contribution in [0.5, 0.6) is 0 Å². The van der Waals surface area contributed by atoms with E-state index in [0.29, 0.717) is 38.4 Å². The number of amides is 1. The summed E-state index contributed by atoms with van der Waals surface area (Å²) in [4.78, 5) is 25.4. The maximum absolute atomic E-state index is 12.9. The molecular formula is C26H17Cl2NO3. The van der Waals surface area contributed by atoms with Crippen molar-refractivity contribution in [3.05, 3.63) is 118 Å². The van der Waals surface area contributed by atoms with Crippen molar-refractivity contribution in [1.82, 2.24) is 0 Å². The second kappa shape index (κ2) is 9.69. The van der Waals surface area contributed by atoms with E-state index in [1.807, 2.05) is 24.3 Å². The first-order valence-electron chi connectivity index (χ1n) is 9.74. The summed E-state index contributed by atoms with van der Waals surface area (Å²) in [6.07, 6.45) is 2.90. The first-order valence-corrected chi connectivity index (χ1v) is 10.5. The Labute approximate surface area is 195 Å². The summed E-state index contributed by atoms with van der Waals surface area (Å²) in [5.41, 5.74) is 2.07.